The van der Waals surface area contributed by atoms with E-state index in [9.17, 15) is 4.79 Å². The predicted octanol–water partition coefficient (Wildman–Crippen LogP) is 4.35. The van der Waals surface area contributed by atoms with Crippen molar-refractivity contribution in [2.45, 2.75) is 47.2 Å². The number of aromatic amines is 1. The lowest BCUT2D eigenvalue weighted by molar-refractivity contribution is 0.298. The second kappa shape index (κ2) is 11.3. The number of benzene rings is 1. The van der Waals surface area contributed by atoms with Crippen molar-refractivity contribution in [2.75, 3.05) is 26.2 Å². The lowest BCUT2D eigenvalue weighted by atomic mass is 10.0. The Kier molecular flexibility index (Phi) is 8.47. The second-order valence-electron chi connectivity index (χ2n) is 8.20. The number of nitrogens with zero attached hydrogens (tertiary/aromatic N) is 2. The SMILES string of the molecule is CCN(CC)CCCNC(=S)N(Cc1ccco1)Cc1cc2cc(C)c(C)cc2[nH]c1=O. The van der Waals surface area contributed by atoms with E-state index in [1.54, 1.807) is 6.26 Å². The predicted molar refractivity (Wildman–Crippen MR) is 135 cm³/mol. The first kappa shape index (κ1) is 24.0. The van der Waals surface area contributed by atoms with Gasteiger partial charge in [0.15, 0.2) is 5.11 Å². The Hall–Kier alpha value is -2.64. The monoisotopic (exact) mass is 454 g/mol. The highest BCUT2D eigenvalue weighted by Crippen LogP contribution is 2.18. The van der Waals surface area contributed by atoms with E-state index in [0.29, 0.717) is 23.8 Å². The summed E-state index contributed by atoms with van der Waals surface area (Å²) in [7, 11) is 0. The molecule has 6 nitrogen and oxygen atoms in total. The molecule has 7 heteroatoms. The molecule has 2 heterocycles. The number of hydrogen-bond acceptors (Lipinski definition) is 4. The van der Waals surface area contributed by atoms with Gasteiger partial charge in [-0.1, -0.05) is 13.8 Å². The number of pyridine rings is 1. The summed E-state index contributed by atoms with van der Waals surface area (Å²) in [6.45, 7) is 13.3. The molecule has 0 radical (unpaired) electrons. The van der Waals surface area contributed by atoms with Crippen molar-refractivity contribution in [3.05, 3.63) is 69.4 Å². The van der Waals surface area contributed by atoms with Crippen LogP contribution >= 0.6 is 12.2 Å². The molecule has 3 aromatic rings. The van der Waals surface area contributed by atoms with Crippen molar-refractivity contribution < 1.29 is 4.42 Å². The van der Waals surface area contributed by atoms with E-state index < -0.39 is 0 Å². The standard InChI is InChI=1S/C25H34N4O2S/c1-5-28(6-2)11-8-10-26-25(32)29(17-22-9-7-12-31-22)16-21-15-20-13-18(3)19(4)14-23(20)27-24(21)30/h7,9,12-15H,5-6,8,10-11,16-17H2,1-4H3,(H,26,32)(H,27,30). The molecule has 3 rings (SSSR count). The molecule has 0 saturated carbocycles. The molecule has 0 fully saturated rings. The normalized spacial score (nSPS) is 11.3. The number of aryl methyl sites for hydroxylation is 2. The van der Waals surface area contributed by atoms with Gasteiger partial charge < -0.3 is 24.5 Å². The molecule has 1 aromatic carbocycles. The van der Waals surface area contributed by atoms with Gasteiger partial charge in [0.2, 0.25) is 0 Å². The van der Waals surface area contributed by atoms with Crippen LogP contribution < -0.4 is 10.9 Å². The molecule has 0 atom stereocenters. The maximum Gasteiger partial charge on any atom is 0.253 e. The molecule has 172 valence electrons. The highest BCUT2D eigenvalue weighted by molar-refractivity contribution is 7.80. The minimum atomic E-state index is -0.0884. The Morgan fingerprint density at radius 2 is 1.88 bits per heavy atom. The number of rotatable bonds is 10. The lowest BCUT2D eigenvalue weighted by Crippen LogP contribution is -2.41. The van der Waals surface area contributed by atoms with Crippen LogP contribution in [0, 0.1) is 13.8 Å². The Morgan fingerprint density at radius 3 is 2.56 bits per heavy atom. The van der Waals surface area contributed by atoms with E-state index in [1.807, 2.05) is 29.2 Å². The maximum absolute atomic E-state index is 12.8. The Labute approximate surface area is 195 Å². The third kappa shape index (κ3) is 6.20. The number of H-pyrrole nitrogens is 1. The smallest absolute Gasteiger partial charge is 0.253 e. The van der Waals surface area contributed by atoms with Gasteiger partial charge in [0.25, 0.3) is 5.56 Å². The van der Waals surface area contributed by atoms with Crippen LogP contribution in [0.15, 0.2) is 45.8 Å². The molecule has 0 saturated heterocycles. The molecular formula is C25H34N4O2S. The topological polar surface area (TPSA) is 64.5 Å². The van der Waals surface area contributed by atoms with Crippen molar-refractivity contribution in [3.63, 3.8) is 0 Å². The van der Waals surface area contributed by atoms with Gasteiger partial charge in [-0.05, 0) is 99.0 Å². The molecule has 2 N–H and O–H groups in total. The summed E-state index contributed by atoms with van der Waals surface area (Å²) in [6.07, 6.45) is 2.66. The van der Waals surface area contributed by atoms with Crippen LogP contribution in [-0.2, 0) is 13.1 Å². The van der Waals surface area contributed by atoms with Gasteiger partial charge >= 0.3 is 0 Å². The van der Waals surface area contributed by atoms with Crippen LogP contribution in [0.2, 0.25) is 0 Å². The highest BCUT2D eigenvalue weighted by atomic mass is 32.1. The molecule has 0 aliphatic carbocycles. The van der Waals surface area contributed by atoms with Gasteiger partial charge in [0, 0.05) is 17.6 Å². The fourth-order valence-electron chi connectivity index (χ4n) is 3.78. The summed E-state index contributed by atoms with van der Waals surface area (Å²) in [4.78, 5) is 20.2. The molecule has 0 aliphatic rings. The van der Waals surface area contributed by atoms with Crippen LogP contribution in [0.1, 0.15) is 42.7 Å². The van der Waals surface area contributed by atoms with Crippen LogP contribution in [0.3, 0.4) is 0 Å². The van der Waals surface area contributed by atoms with Crippen molar-refractivity contribution in [1.29, 1.82) is 0 Å². The third-order valence-corrected chi connectivity index (χ3v) is 6.33. The second-order valence-corrected chi connectivity index (χ2v) is 8.58. The molecule has 0 aliphatic heterocycles. The van der Waals surface area contributed by atoms with E-state index in [-0.39, 0.29) is 5.56 Å². The van der Waals surface area contributed by atoms with E-state index >= 15 is 0 Å². The van der Waals surface area contributed by atoms with Gasteiger partial charge in [-0.3, -0.25) is 4.79 Å². The largest absolute Gasteiger partial charge is 0.467 e. The molecule has 2 aromatic heterocycles. The van der Waals surface area contributed by atoms with E-state index in [1.165, 1.54) is 5.56 Å². The Balaban J connectivity index is 1.75. The lowest BCUT2D eigenvalue weighted by Gasteiger charge is -2.25. The van der Waals surface area contributed by atoms with Gasteiger partial charge in [-0.2, -0.15) is 0 Å². The number of hydrogen-bond donors (Lipinski definition) is 2. The molecule has 32 heavy (non-hydrogen) atoms. The van der Waals surface area contributed by atoms with Crippen molar-refractivity contribution in [1.82, 2.24) is 20.1 Å². The summed E-state index contributed by atoms with van der Waals surface area (Å²) in [6, 6.07) is 9.90. The van der Waals surface area contributed by atoms with Crippen LogP contribution in [0.25, 0.3) is 10.9 Å². The number of furan rings is 1. The molecule has 0 spiro atoms. The van der Waals surface area contributed by atoms with Crippen LogP contribution in [0.5, 0.6) is 0 Å². The average Bonchev–Trinajstić information content (AvgIpc) is 3.28. The molecular weight excluding hydrogens is 420 g/mol. The summed E-state index contributed by atoms with van der Waals surface area (Å²) in [5.41, 5.74) is 3.81. The van der Waals surface area contributed by atoms with Crippen molar-refractivity contribution in [2.24, 2.45) is 0 Å². The number of nitrogens with one attached hydrogen (secondary N) is 2. The third-order valence-electron chi connectivity index (χ3n) is 5.93. The summed E-state index contributed by atoms with van der Waals surface area (Å²) < 4.78 is 5.55. The van der Waals surface area contributed by atoms with Crippen molar-refractivity contribution in [3.8, 4) is 0 Å². The average molecular weight is 455 g/mol. The van der Waals surface area contributed by atoms with Crippen molar-refractivity contribution >= 4 is 28.2 Å². The first-order chi connectivity index (χ1) is 15.4. The van der Waals surface area contributed by atoms with Gasteiger partial charge in [-0.15, -0.1) is 0 Å². The fraction of sp³-hybridized carbons (Fsp3) is 0.440. The van der Waals surface area contributed by atoms with Crippen LogP contribution in [-0.4, -0.2) is 46.1 Å². The molecule has 0 unspecified atom stereocenters. The Bertz CT molecular complexity index is 1090. The van der Waals surface area contributed by atoms with Gasteiger partial charge in [-0.25, -0.2) is 0 Å². The number of thiocarbonyl (C=S) groups is 1. The molecule has 0 amide bonds. The Morgan fingerprint density at radius 1 is 1.12 bits per heavy atom. The summed E-state index contributed by atoms with van der Waals surface area (Å²) >= 11 is 5.71. The van der Waals surface area contributed by atoms with E-state index in [4.69, 9.17) is 16.6 Å². The quantitative estimate of drug-likeness (QED) is 0.351. The fourth-order valence-corrected chi connectivity index (χ4v) is 4.02. The number of fused-ring (bicyclic) bond motifs is 1. The van der Waals surface area contributed by atoms with Gasteiger partial charge in [0.1, 0.15) is 5.76 Å². The number of aromatic nitrogens is 1. The maximum atomic E-state index is 12.8. The first-order valence-electron chi connectivity index (χ1n) is 11.3. The zero-order valence-electron chi connectivity index (χ0n) is 19.5. The van der Waals surface area contributed by atoms with Gasteiger partial charge in [0.05, 0.1) is 19.4 Å². The van der Waals surface area contributed by atoms with Crippen LogP contribution in [0.4, 0.5) is 0 Å². The minimum Gasteiger partial charge on any atom is -0.467 e. The minimum absolute atomic E-state index is 0.0884. The van der Waals surface area contributed by atoms with E-state index in [2.05, 4.69) is 49.0 Å². The molecule has 0 bridgehead atoms. The van der Waals surface area contributed by atoms with E-state index in [0.717, 1.165) is 54.8 Å². The first-order valence-corrected chi connectivity index (χ1v) is 11.7. The summed E-state index contributed by atoms with van der Waals surface area (Å²) in [5, 5.41) is 5.02. The zero-order chi connectivity index (χ0) is 23.1. The highest BCUT2D eigenvalue weighted by Gasteiger charge is 2.15. The zero-order valence-corrected chi connectivity index (χ0v) is 20.3. The summed E-state index contributed by atoms with van der Waals surface area (Å²) in [5.74, 6) is 0.806.